The Hall–Kier alpha value is -3.30. The van der Waals surface area contributed by atoms with Crippen LogP contribution in [0.15, 0.2) is 62.8 Å². The molecule has 2 aromatic heterocycles. The van der Waals surface area contributed by atoms with Gasteiger partial charge in [0.1, 0.15) is 6.04 Å². The smallest absolute Gasteiger partial charge is 0.338 e. The van der Waals surface area contributed by atoms with Crippen LogP contribution in [0.4, 0.5) is 0 Å². The number of carboxylic acid groups (broad SMARTS) is 1. The molecular formula is C22H17N2O5S2-. The topological polar surface area (TPSA) is 101 Å². The van der Waals surface area contributed by atoms with Gasteiger partial charge in [0.05, 0.1) is 28.4 Å². The number of allylic oxidation sites excluding steroid dienone is 1. The molecule has 0 saturated heterocycles. The summed E-state index contributed by atoms with van der Waals surface area (Å²) in [5.74, 6) is -1.75. The lowest BCUT2D eigenvalue weighted by molar-refractivity contribution is -0.255. The molecule has 0 aliphatic carbocycles. The molecular weight excluding hydrogens is 436 g/mol. The molecule has 0 radical (unpaired) electrons. The normalized spacial score (nSPS) is 16.1. The monoisotopic (exact) mass is 453 g/mol. The number of thiophene rings is 1. The molecule has 1 aromatic carbocycles. The number of ether oxygens (including phenoxy) is 1. The highest BCUT2D eigenvalue weighted by Gasteiger charge is 2.33. The molecule has 1 aliphatic rings. The molecule has 3 heterocycles. The summed E-state index contributed by atoms with van der Waals surface area (Å²) in [5, 5.41) is 12.8. The van der Waals surface area contributed by atoms with Gasteiger partial charge in [-0.1, -0.05) is 41.7 Å². The molecule has 0 N–H and O–H groups in total. The summed E-state index contributed by atoms with van der Waals surface area (Å²) in [5.41, 5.74) is 1.32. The molecule has 1 aliphatic heterocycles. The average Bonchev–Trinajstić information content (AvgIpc) is 3.36. The average molecular weight is 454 g/mol. The number of rotatable bonds is 5. The van der Waals surface area contributed by atoms with Gasteiger partial charge in [0.2, 0.25) is 0 Å². The van der Waals surface area contributed by atoms with Crippen LogP contribution in [-0.4, -0.2) is 23.1 Å². The predicted octanol–water partition coefficient (Wildman–Crippen LogP) is 1.22. The number of esters is 1. The predicted molar refractivity (Wildman–Crippen MR) is 115 cm³/mol. The van der Waals surface area contributed by atoms with Gasteiger partial charge in [0.15, 0.2) is 4.80 Å². The Labute approximate surface area is 184 Å². The van der Waals surface area contributed by atoms with Crippen LogP contribution in [0.25, 0.3) is 6.08 Å². The third-order valence-corrected chi connectivity index (χ3v) is 6.68. The Morgan fingerprint density at radius 1 is 1.26 bits per heavy atom. The van der Waals surface area contributed by atoms with Crippen molar-refractivity contribution in [2.24, 2.45) is 4.99 Å². The molecule has 3 aromatic rings. The second-order valence-corrected chi connectivity index (χ2v) is 8.72. The van der Waals surface area contributed by atoms with Gasteiger partial charge in [-0.05, 0) is 42.5 Å². The zero-order valence-electron chi connectivity index (χ0n) is 16.7. The second kappa shape index (κ2) is 8.44. The first kappa shape index (κ1) is 21.0. The number of fused-ring (bicyclic) bond motifs is 1. The minimum absolute atomic E-state index is 0.0611. The van der Waals surface area contributed by atoms with Crippen LogP contribution in [0.2, 0.25) is 0 Å². The van der Waals surface area contributed by atoms with Crippen LogP contribution in [-0.2, 0) is 9.53 Å². The third kappa shape index (κ3) is 3.89. The molecule has 31 heavy (non-hydrogen) atoms. The van der Waals surface area contributed by atoms with Gasteiger partial charge < -0.3 is 14.6 Å². The van der Waals surface area contributed by atoms with Gasteiger partial charge in [0, 0.05) is 4.88 Å². The van der Waals surface area contributed by atoms with Crippen LogP contribution in [0.3, 0.4) is 0 Å². The number of nitrogens with zero attached hydrogens (tertiary/aromatic N) is 2. The largest absolute Gasteiger partial charge is 0.545 e. The van der Waals surface area contributed by atoms with Crippen LogP contribution >= 0.6 is 22.7 Å². The first-order valence-electron chi connectivity index (χ1n) is 9.45. The zero-order valence-corrected chi connectivity index (χ0v) is 18.3. The fraction of sp³-hybridized carbons (Fsp3) is 0.182. The summed E-state index contributed by atoms with van der Waals surface area (Å²) < 4.78 is 7.20. The summed E-state index contributed by atoms with van der Waals surface area (Å²) in [6.07, 6.45) is 1.68. The molecule has 4 rings (SSSR count). The third-order valence-electron chi connectivity index (χ3n) is 4.77. The van der Waals surface area contributed by atoms with Crippen molar-refractivity contribution >= 4 is 40.7 Å². The van der Waals surface area contributed by atoms with E-state index in [-0.39, 0.29) is 17.7 Å². The maximum atomic E-state index is 13.3. The van der Waals surface area contributed by atoms with Crippen molar-refractivity contribution in [1.29, 1.82) is 0 Å². The number of carbonyl (C=O) groups excluding carboxylic acids is 2. The summed E-state index contributed by atoms with van der Waals surface area (Å²) in [7, 11) is 0. The quantitative estimate of drug-likeness (QED) is 0.541. The molecule has 0 bridgehead atoms. The molecule has 0 unspecified atom stereocenters. The van der Waals surface area contributed by atoms with E-state index in [1.165, 1.54) is 39.4 Å². The van der Waals surface area contributed by atoms with Gasteiger partial charge in [-0.3, -0.25) is 9.36 Å². The maximum absolute atomic E-state index is 13.3. The van der Waals surface area contributed by atoms with Crippen molar-refractivity contribution < 1.29 is 19.4 Å². The minimum atomic E-state index is -1.26. The summed E-state index contributed by atoms with van der Waals surface area (Å²) in [6, 6.07) is 9.20. The Bertz CT molecular complexity index is 1360. The van der Waals surface area contributed by atoms with Gasteiger partial charge in [-0.25, -0.2) is 9.79 Å². The first-order valence-corrected chi connectivity index (χ1v) is 11.1. The number of aromatic carboxylic acids is 1. The SMILES string of the molecule is CCOC(=O)C1=C(C)N=c2s/c(=C\c3ccc(C(=O)[O-])cc3)c(=O)n2[C@@H]1c1cccs1. The number of thiazole rings is 1. The highest BCUT2D eigenvalue weighted by molar-refractivity contribution is 7.10. The number of hydrogen-bond acceptors (Lipinski definition) is 8. The van der Waals surface area contributed by atoms with Crippen LogP contribution in [0.5, 0.6) is 0 Å². The zero-order chi connectivity index (χ0) is 22.1. The van der Waals surface area contributed by atoms with Gasteiger partial charge in [-0.15, -0.1) is 11.3 Å². The number of benzene rings is 1. The molecule has 0 spiro atoms. The Morgan fingerprint density at radius 3 is 2.61 bits per heavy atom. The second-order valence-electron chi connectivity index (χ2n) is 6.73. The number of aromatic nitrogens is 1. The maximum Gasteiger partial charge on any atom is 0.338 e. The fourth-order valence-corrected chi connectivity index (χ4v) is 5.24. The standard InChI is InChI=1S/C22H18N2O5S2/c1-3-29-21(28)17-12(2)23-22-24(18(17)15-5-4-10-30-15)19(25)16(31-22)11-13-6-8-14(9-7-13)20(26)27/h4-11,18H,3H2,1-2H3,(H,26,27)/p-1/b16-11-/t18-/m1/s1. The summed E-state index contributed by atoms with van der Waals surface area (Å²) in [4.78, 5) is 42.8. The lowest BCUT2D eigenvalue weighted by atomic mass is 10.0. The van der Waals surface area contributed by atoms with E-state index in [4.69, 9.17) is 4.74 Å². The van der Waals surface area contributed by atoms with E-state index in [0.717, 1.165) is 4.88 Å². The van der Waals surface area contributed by atoms with Crippen molar-refractivity contribution in [3.63, 3.8) is 0 Å². The lowest BCUT2D eigenvalue weighted by Crippen LogP contribution is -2.39. The van der Waals surface area contributed by atoms with Crippen LogP contribution in [0, 0.1) is 0 Å². The van der Waals surface area contributed by atoms with E-state index in [0.29, 0.717) is 26.2 Å². The molecule has 9 heteroatoms. The molecule has 1 atom stereocenters. The van der Waals surface area contributed by atoms with Gasteiger partial charge in [0.25, 0.3) is 5.56 Å². The van der Waals surface area contributed by atoms with Gasteiger partial charge >= 0.3 is 5.97 Å². The summed E-state index contributed by atoms with van der Waals surface area (Å²) >= 11 is 2.67. The highest BCUT2D eigenvalue weighted by atomic mass is 32.1. The van der Waals surface area contributed by atoms with E-state index in [2.05, 4.69) is 4.99 Å². The molecule has 0 saturated carbocycles. The Morgan fingerprint density at radius 2 is 2.00 bits per heavy atom. The minimum Gasteiger partial charge on any atom is -0.545 e. The van der Waals surface area contributed by atoms with Gasteiger partial charge in [-0.2, -0.15) is 0 Å². The number of carboxylic acids is 1. The summed E-state index contributed by atoms with van der Waals surface area (Å²) in [6.45, 7) is 3.69. The van der Waals surface area contributed by atoms with Crippen LogP contribution < -0.4 is 20.0 Å². The molecule has 158 valence electrons. The van der Waals surface area contributed by atoms with Crippen molar-refractivity contribution in [1.82, 2.24) is 4.57 Å². The van der Waals surface area contributed by atoms with E-state index >= 15 is 0 Å². The van der Waals surface area contributed by atoms with E-state index in [1.807, 2.05) is 17.5 Å². The van der Waals surface area contributed by atoms with E-state index in [1.54, 1.807) is 32.1 Å². The molecule has 0 amide bonds. The van der Waals surface area contributed by atoms with Crippen molar-refractivity contribution in [2.75, 3.05) is 6.61 Å². The van der Waals surface area contributed by atoms with E-state index in [9.17, 15) is 19.5 Å². The van der Waals surface area contributed by atoms with Crippen LogP contribution in [0.1, 0.15) is 40.7 Å². The molecule has 0 fully saturated rings. The van der Waals surface area contributed by atoms with Crippen molar-refractivity contribution in [3.8, 4) is 0 Å². The van der Waals surface area contributed by atoms with Crippen molar-refractivity contribution in [2.45, 2.75) is 19.9 Å². The van der Waals surface area contributed by atoms with Crippen molar-refractivity contribution in [3.05, 3.63) is 88.7 Å². The number of carbonyl (C=O) groups is 2. The number of hydrogen-bond donors (Lipinski definition) is 0. The Kier molecular flexibility index (Phi) is 5.71. The fourth-order valence-electron chi connectivity index (χ4n) is 3.37. The molecule has 7 nitrogen and oxygen atoms in total. The highest BCUT2D eigenvalue weighted by Crippen LogP contribution is 2.33. The van der Waals surface area contributed by atoms with E-state index < -0.39 is 18.0 Å². The Balaban J connectivity index is 1.88. The first-order chi connectivity index (χ1) is 14.9. The lowest BCUT2D eigenvalue weighted by Gasteiger charge is -2.23.